The Hall–Kier alpha value is -2.93. The number of rotatable bonds is 7. The molecule has 5 atom stereocenters. The normalized spacial score (nSPS) is 32.7. The van der Waals surface area contributed by atoms with Crippen molar-refractivity contribution in [2.45, 2.75) is 77.2 Å². The number of carbonyl (C=O) groups excluding carboxylic acids is 2. The van der Waals surface area contributed by atoms with E-state index in [-0.39, 0.29) is 24.2 Å². The average Bonchev–Trinajstić information content (AvgIpc) is 3.22. The van der Waals surface area contributed by atoms with Gasteiger partial charge in [-0.05, 0) is 98.6 Å². The number of hydrogen-bond acceptors (Lipinski definition) is 7. The van der Waals surface area contributed by atoms with Crippen molar-refractivity contribution in [1.82, 2.24) is 0 Å². The van der Waals surface area contributed by atoms with Crippen molar-refractivity contribution < 1.29 is 24.3 Å². The van der Waals surface area contributed by atoms with Gasteiger partial charge in [0.05, 0.1) is 5.71 Å². The summed E-state index contributed by atoms with van der Waals surface area (Å²) in [6, 6.07) is 8.77. The van der Waals surface area contributed by atoms with Gasteiger partial charge in [0.25, 0.3) is 0 Å². The first-order valence-corrected chi connectivity index (χ1v) is 14.4. The molecule has 0 heterocycles. The van der Waals surface area contributed by atoms with Crippen molar-refractivity contribution in [3.05, 3.63) is 52.6 Å². The van der Waals surface area contributed by atoms with Crippen LogP contribution in [0.5, 0.6) is 0 Å². The molecule has 0 aliphatic heterocycles. The topological polar surface area (TPSA) is 88.4 Å². The molecular weight excluding hydrogens is 492 g/mol. The second-order valence-electron chi connectivity index (χ2n) is 12.1. The predicted octanol–water partition coefficient (Wildman–Crippen LogP) is 5.82. The Kier molecular flexibility index (Phi) is 7.49. The molecule has 0 amide bonds. The second-order valence-corrected chi connectivity index (χ2v) is 12.1. The standard InChI is InChI=1S/C32H42N2O5/c1-6-38-19-29(36)32(39-20(2)35)16-15-28-26-13-9-22-17-23(33-37)10-14-25(22)30(26)27(18-31(28,32)3)21-7-11-24(12-8-21)34(4)5/h7-8,11-12,17,26-28,37H,6,9-10,13-16,18-19H2,1-5H3/b33-23-/t26?,27?,28?,31-,32+/m0/s1. The summed E-state index contributed by atoms with van der Waals surface area (Å²) in [5, 5.41) is 13.0. The van der Waals surface area contributed by atoms with Gasteiger partial charge < -0.3 is 19.6 Å². The molecule has 39 heavy (non-hydrogen) atoms. The first-order chi connectivity index (χ1) is 18.6. The molecule has 0 saturated heterocycles. The zero-order chi connectivity index (χ0) is 27.9. The maximum absolute atomic E-state index is 13.9. The number of nitrogens with zero attached hydrogens (tertiary/aromatic N) is 2. The van der Waals surface area contributed by atoms with Gasteiger partial charge in [-0.3, -0.25) is 9.59 Å². The molecule has 0 aromatic heterocycles. The van der Waals surface area contributed by atoms with Crippen molar-refractivity contribution in [2.24, 2.45) is 22.4 Å². The summed E-state index contributed by atoms with van der Waals surface area (Å²) in [7, 11) is 4.08. The Morgan fingerprint density at radius 2 is 1.87 bits per heavy atom. The van der Waals surface area contributed by atoms with Crippen LogP contribution in [0.25, 0.3) is 0 Å². The lowest BCUT2D eigenvalue weighted by molar-refractivity contribution is -0.185. The monoisotopic (exact) mass is 534 g/mol. The SMILES string of the molecule is CCOCC(=O)[C@]1(OC(C)=O)CCC2C3CCC4=C/C(=N\O)CCC4=C3C(c3ccc(N(C)C)cc3)C[C@@]21C. The van der Waals surface area contributed by atoms with Crippen molar-refractivity contribution in [3.8, 4) is 0 Å². The summed E-state index contributed by atoms with van der Waals surface area (Å²) in [4.78, 5) is 28.5. The van der Waals surface area contributed by atoms with E-state index >= 15 is 0 Å². The van der Waals surface area contributed by atoms with Crippen LogP contribution >= 0.6 is 0 Å². The van der Waals surface area contributed by atoms with Crippen LogP contribution in [-0.4, -0.2) is 55.6 Å². The summed E-state index contributed by atoms with van der Waals surface area (Å²) in [5.41, 5.74) is 5.61. The number of Topliss-reactive ketones (excluding diaryl/α,β-unsaturated/α-hetero) is 1. The zero-order valence-electron chi connectivity index (χ0n) is 24.0. The number of benzene rings is 1. The minimum absolute atomic E-state index is 0.0386. The molecular formula is C32H42N2O5. The molecule has 7 nitrogen and oxygen atoms in total. The Labute approximate surface area is 231 Å². The summed E-state index contributed by atoms with van der Waals surface area (Å²) in [6.45, 7) is 5.89. The number of fused-ring (bicyclic) bond motifs is 4. The first-order valence-electron chi connectivity index (χ1n) is 14.4. The zero-order valence-corrected chi connectivity index (χ0v) is 24.0. The Bertz CT molecular complexity index is 1230. The van der Waals surface area contributed by atoms with Crippen LogP contribution in [0.15, 0.2) is 52.2 Å². The molecule has 0 radical (unpaired) electrons. The number of anilines is 1. The molecule has 2 saturated carbocycles. The van der Waals surface area contributed by atoms with E-state index < -0.39 is 17.0 Å². The maximum Gasteiger partial charge on any atom is 0.303 e. The lowest BCUT2D eigenvalue weighted by Gasteiger charge is -2.55. The van der Waals surface area contributed by atoms with Gasteiger partial charge in [0, 0.05) is 44.6 Å². The second kappa shape index (κ2) is 10.6. The molecule has 0 bridgehead atoms. The van der Waals surface area contributed by atoms with E-state index in [0.717, 1.165) is 49.9 Å². The summed E-state index contributed by atoms with van der Waals surface area (Å²) >= 11 is 0. The van der Waals surface area contributed by atoms with Gasteiger partial charge in [-0.25, -0.2) is 0 Å². The van der Waals surface area contributed by atoms with Crippen molar-refractivity contribution in [3.63, 3.8) is 0 Å². The molecule has 4 aliphatic carbocycles. The van der Waals surface area contributed by atoms with Gasteiger partial charge in [0.2, 0.25) is 5.78 Å². The van der Waals surface area contributed by atoms with Gasteiger partial charge in [0.15, 0.2) is 5.60 Å². The van der Waals surface area contributed by atoms with E-state index in [1.807, 2.05) is 21.0 Å². The van der Waals surface area contributed by atoms with E-state index in [1.165, 1.54) is 29.2 Å². The first kappa shape index (κ1) is 27.6. The van der Waals surface area contributed by atoms with Crippen LogP contribution in [0.2, 0.25) is 0 Å². The molecule has 3 unspecified atom stereocenters. The molecule has 2 fully saturated rings. The van der Waals surface area contributed by atoms with Gasteiger partial charge in [0.1, 0.15) is 6.61 Å². The fraction of sp³-hybridized carbons (Fsp3) is 0.594. The van der Waals surface area contributed by atoms with Crippen molar-refractivity contribution in [1.29, 1.82) is 0 Å². The van der Waals surface area contributed by atoms with E-state index in [9.17, 15) is 14.8 Å². The number of ketones is 1. The molecule has 210 valence electrons. The molecule has 1 N–H and O–H groups in total. The van der Waals surface area contributed by atoms with E-state index in [0.29, 0.717) is 18.9 Å². The van der Waals surface area contributed by atoms with Gasteiger partial charge >= 0.3 is 5.97 Å². The molecule has 1 aromatic carbocycles. The Balaban J connectivity index is 1.66. The van der Waals surface area contributed by atoms with Gasteiger partial charge in [-0.15, -0.1) is 0 Å². The van der Waals surface area contributed by atoms with E-state index in [2.05, 4.69) is 47.3 Å². The minimum atomic E-state index is -1.18. The highest BCUT2D eigenvalue weighted by Gasteiger charge is 2.68. The third-order valence-electron chi connectivity index (χ3n) is 10.0. The van der Waals surface area contributed by atoms with Crippen LogP contribution in [0.4, 0.5) is 5.69 Å². The number of carbonyl (C=O) groups is 2. The summed E-state index contributed by atoms with van der Waals surface area (Å²) in [6.07, 6.45) is 7.68. The highest BCUT2D eigenvalue weighted by atomic mass is 16.6. The Morgan fingerprint density at radius 1 is 1.13 bits per heavy atom. The van der Waals surface area contributed by atoms with E-state index in [4.69, 9.17) is 9.47 Å². The quantitative estimate of drug-likeness (QED) is 0.269. The van der Waals surface area contributed by atoms with Crippen LogP contribution in [0, 0.1) is 17.3 Å². The third kappa shape index (κ3) is 4.52. The highest BCUT2D eigenvalue weighted by molar-refractivity contribution is 5.97. The van der Waals surface area contributed by atoms with Crippen LogP contribution in [0.3, 0.4) is 0 Å². The summed E-state index contributed by atoms with van der Waals surface area (Å²) < 4.78 is 11.7. The number of esters is 1. The molecule has 5 rings (SSSR count). The highest BCUT2D eigenvalue weighted by Crippen LogP contribution is 2.67. The third-order valence-corrected chi connectivity index (χ3v) is 10.0. The smallest absolute Gasteiger partial charge is 0.303 e. The maximum atomic E-state index is 13.9. The van der Waals surface area contributed by atoms with Crippen LogP contribution in [-0.2, 0) is 19.1 Å². The van der Waals surface area contributed by atoms with Gasteiger partial charge in [-0.2, -0.15) is 0 Å². The van der Waals surface area contributed by atoms with Gasteiger partial charge in [-0.1, -0.05) is 29.8 Å². The Morgan fingerprint density at radius 3 is 2.51 bits per heavy atom. The number of ether oxygens (including phenoxy) is 2. The average molecular weight is 535 g/mol. The fourth-order valence-corrected chi connectivity index (χ4v) is 8.28. The minimum Gasteiger partial charge on any atom is -0.451 e. The molecule has 4 aliphatic rings. The molecule has 7 heteroatoms. The molecule has 0 spiro atoms. The van der Waals surface area contributed by atoms with Crippen LogP contribution < -0.4 is 4.90 Å². The number of hydrogen-bond donors (Lipinski definition) is 1. The number of allylic oxidation sites excluding steroid dienone is 4. The lowest BCUT2D eigenvalue weighted by Crippen LogP contribution is -2.58. The molecule has 1 aromatic rings. The predicted molar refractivity (Wildman–Crippen MR) is 151 cm³/mol. The van der Waals surface area contributed by atoms with E-state index in [1.54, 1.807) is 0 Å². The largest absolute Gasteiger partial charge is 0.451 e. The summed E-state index contributed by atoms with van der Waals surface area (Å²) in [5.74, 6) is 0.123. The lowest BCUT2D eigenvalue weighted by atomic mass is 9.50. The fourth-order valence-electron chi connectivity index (χ4n) is 8.28. The number of oxime groups is 1. The van der Waals surface area contributed by atoms with Crippen molar-refractivity contribution in [2.75, 3.05) is 32.2 Å². The van der Waals surface area contributed by atoms with Crippen LogP contribution in [0.1, 0.15) is 77.2 Å². The van der Waals surface area contributed by atoms with Crippen molar-refractivity contribution >= 4 is 23.2 Å².